The van der Waals surface area contributed by atoms with Gasteiger partial charge >= 0.3 is 5.97 Å². The number of aromatic nitrogens is 2. The van der Waals surface area contributed by atoms with Crippen LogP contribution in [0.15, 0.2) is 35.7 Å². The van der Waals surface area contributed by atoms with Crippen LogP contribution in [0.2, 0.25) is 0 Å². The Bertz CT molecular complexity index is 2390. The molecule has 4 amide bonds. The average Bonchev–Trinajstić information content (AvgIpc) is 4.06. The van der Waals surface area contributed by atoms with Gasteiger partial charge in [-0.25, -0.2) is 18.4 Å². The second-order valence-electron chi connectivity index (χ2n) is 17.7. The normalized spacial score (nSPS) is 25.4. The van der Waals surface area contributed by atoms with Crippen molar-refractivity contribution >= 4 is 61.9 Å². The summed E-state index contributed by atoms with van der Waals surface area (Å²) in [6.07, 6.45) is 4.05. The number of nitrogens with one attached hydrogen (secondary N) is 3. The van der Waals surface area contributed by atoms with E-state index < -0.39 is 86.5 Å². The Morgan fingerprint density at radius 1 is 1.11 bits per heavy atom. The van der Waals surface area contributed by atoms with Crippen LogP contribution in [0.4, 0.5) is 0 Å². The third-order valence-corrected chi connectivity index (χ3v) is 14.1. The zero-order chi connectivity index (χ0) is 44.0. The highest BCUT2D eigenvalue weighted by molar-refractivity contribution is 7.91. The third-order valence-electron chi connectivity index (χ3n) is 11.4. The quantitative estimate of drug-likeness (QED) is 0.189. The van der Waals surface area contributed by atoms with E-state index in [-0.39, 0.29) is 31.7 Å². The monoisotopic (exact) mass is 878 g/mol. The van der Waals surface area contributed by atoms with Crippen molar-refractivity contribution in [1.82, 2.24) is 30.2 Å². The topological polar surface area (TPSA) is 212 Å². The van der Waals surface area contributed by atoms with Gasteiger partial charge in [-0.2, -0.15) is 0 Å². The van der Waals surface area contributed by atoms with Crippen molar-refractivity contribution in [3.05, 3.63) is 47.0 Å². The predicted molar refractivity (Wildman–Crippen MR) is 227 cm³/mol. The van der Waals surface area contributed by atoms with Gasteiger partial charge < -0.3 is 29.7 Å². The SMILES string of the molecule is COc1ccc2c(O[C@@H]3C[C@H]4C(=O)N[C@]5(C(=O)NS(=O)(=O)C6CC6)C[C@H]5/C=C\CCCC(=O)N[C@@H](CC(=O)OC(C)(C)C)C(=O)N4C3)cc(-c3nc(C(C)C)cs3)nc2c1C. The van der Waals surface area contributed by atoms with Crippen LogP contribution in [0.3, 0.4) is 0 Å². The molecule has 5 atom stereocenters. The van der Waals surface area contributed by atoms with Crippen LogP contribution < -0.4 is 24.8 Å². The lowest BCUT2D eigenvalue weighted by Crippen LogP contribution is -2.58. The lowest BCUT2D eigenvalue weighted by Gasteiger charge is -2.30. The van der Waals surface area contributed by atoms with Crippen LogP contribution in [0.25, 0.3) is 21.6 Å². The summed E-state index contributed by atoms with van der Waals surface area (Å²) in [5.41, 5.74) is 0.369. The van der Waals surface area contributed by atoms with Crippen LogP contribution in [0, 0.1) is 12.8 Å². The van der Waals surface area contributed by atoms with E-state index in [4.69, 9.17) is 24.2 Å². The number of carbonyl (C=O) groups excluding carboxylic acids is 5. The van der Waals surface area contributed by atoms with Crippen molar-refractivity contribution in [3.63, 3.8) is 0 Å². The van der Waals surface area contributed by atoms with Crippen LogP contribution in [0.5, 0.6) is 11.5 Å². The van der Waals surface area contributed by atoms with E-state index >= 15 is 0 Å². The minimum absolute atomic E-state index is 0.0319. The fourth-order valence-corrected chi connectivity index (χ4v) is 10.2. The van der Waals surface area contributed by atoms with E-state index in [1.54, 1.807) is 52.2 Å². The molecule has 16 nitrogen and oxygen atoms in total. The minimum atomic E-state index is -3.96. The number of thiazole rings is 1. The van der Waals surface area contributed by atoms with E-state index in [1.807, 2.05) is 18.4 Å². The Labute approximate surface area is 359 Å². The van der Waals surface area contributed by atoms with Crippen LogP contribution in [-0.4, -0.2) is 101 Å². The number of hydrogen-bond donors (Lipinski definition) is 3. The summed E-state index contributed by atoms with van der Waals surface area (Å²) >= 11 is 1.45. The number of rotatable bonds is 10. The Morgan fingerprint density at radius 2 is 1.87 bits per heavy atom. The molecule has 4 heterocycles. The lowest BCUT2D eigenvalue weighted by atomic mass is 10.1. The average molecular weight is 879 g/mol. The van der Waals surface area contributed by atoms with Gasteiger partial charge in [0.25, 0.3) is 5.91 Å². The number of benzene rings is 1. The maximum absolute atomic E-state index is 14.7. The first-order valence-electron chi connectivity index (χ1n) is 20.8. The first-order chi connectivity index (χ1) is 28.8. The molecule has 2 aromatic heterocycles. The minimum Gasteiger partial charge on any atom is -0.496 e. The van der Waals surface area contributed by atoms with Gasteiger partial charge in [0.15, 0.2) is 0 Å². The molecule has 0 spiro atoms. The molecule has 3 fully saturated rings. The molecule has 0 unspecified atom stereocenters. The van der Waals surface area contributed by atoms with Crippen LogP contribution in [-0.2, 0) is 38.7 Å². The number of fused-ring (bicyclic) bond motifs is 3. The number of ether oxygens (including phenoxy) is 3. The van der Waals surface area contributed by atoms with Crippen molar-refractivity contribution in [2.75, 3.05) is 13.7 Å². The van der Waals surface area contributed by atoms with Crippen molar-refractivity contribution in [2.45, 2.75) is 133 Å². The second kappa shape index (κ2) is 17.0. The first kappa shape index (κ1) is 44.0. The molecule has 7 rings (SSSR count). The molecular weight excluding hydrogens is 825 g/mol. The number of allylic oxidation sites excluding steroid dienone is 1. The predicted octanol–water partition coefficient (Wildman–Crippen LogP) is 4.59. The van der Waals surface area contributed by atoms with Crippen LogP contribution >= 0.6 is 11.3 Å². The van der Waals surface area contributed by atoms with Gasteiger partial charge in [-0.3, -0.25) is 28.7 Å². The molecule has 0 radical (unpaired) electrons. The fraction of sp³-hybridized carbons (Fsp3) is 0.558. The van der Waals surface area contributed by atoms with Crippen molar-refractivity contribution in [2.24, 2.45) is 5.92 Å². The van der Waals surface area contributed by atoms with Gasteiger partial charge in [0.05, 0.1) is 36.5 Å². The number of hydrogen-bond acceptors (Lipinski definition) is 13. The van der Waals surface area contributed by atoms with Gasteiger partial charge in [0.1, 0.15) is 51.5 Å². The van der Waals surface area contributed by atoms with Gasteiger partial charge in [0, 0.05) is 41.2 Å². The molecule has 1 saturated heterocycles. The molecular formula is C43H54N6O10S2. The van der Waals surface area contributed by atoms with Gasteiger partial charge in [-0.05, 0) is 77.8 Å². The smallest absolute Gasteiger partial charge is 0.308 e. The molecule has 2 aliphatic carbocycles. The molecule has 328 valence electrons. The van der Waals surface area contributed by atoms with Crippen molar-refractivity contribution < 1.29 is 46.6 Å². The van der Waals surface area contributed by atoms with Crippen molar-refractivity contribution in [3.8, 4) is 22.2 Å². The molecule has 3 N–H and O–H groups in total. The molecule has 1 aromatic carbocycles. The molecule has 2 saturated carbocycles. The first-order valence-corrected chi connectivity index (χ1v) is 23.2. The zero-order valence-electron chi connectivity index (χ0n) is 35.5. The van der Waals surface area contributed by atoms with E-state index in [0.717, 1.165) is 11.3 Å². The highest BCUT2D eigenvalue weighted by Crippen LogP contribution is 2.46. The summed E-state index contributed by atoms with van der Waals surface area (Å²) in [5.74, 6) is -2.78. The summed E-state index contributed by atoms with van der Waals surface area (Å²) in [7, 11) is -2.38. The summed E-state index contributed by atoms with van der Waals surface area (Å²) in [6, 6.07) is 2.76. The molecule has 2 aliphatic heterocycles. The van der Waals surface area contributed by atoms with Crippen molar-refractivity contribution in [1.29, 1.82) is 0 Å². The third kappa shape index (κ3) is 9.69. The highest BCUT2D eigenvalue weighted by atomic mass is 32.2. The maximum atomic E-state index is 14.7. The lowest BCUT2D eigenvalue weighted by molar-refractivity contribution is -0.157. The van der Waals surface area contributed by atoms with E-state index in [2.05, 4.69) is 29.2 Å². The van der Waals surface area contributed by atoms with E-state index in [9.17, 15) is 32.4 Å². The van der Waals surface area contributed by atoms with E-state index in [0.29, 0.717) is 58.8 Å². The Balaban J connectivity index is 1.26. The number of pyridine rings is 1. The van der Waals surface area contributed by atoms with Gasteiger partial charge in [0.2, 0.25) is 27.7 Å². The molecule has 4 aliphatic rings. The molecule has 18 heteroatoms. The highest BCUT2D eigenvalue weighted by Gasteiger charge is 2.62. The number of esters is 1. The number of sulfonamides is 1. The molecule has 0 bridgehead atoms. The number of carbonyl (C=O) groups is 5. The fourth-order valence-electron chi connectivity index (χ4n) is 7.86. The summed E-state index contributed by atoms with van der Waals surface area (Å²) < 4.78 is 46.0. The summed E-state index contributed by atoms with van der Waals surface area (Å²) in [5, 5.41) is 8.22. The maximum Gasteiger partial charge on any atom is 0.308 e. The number of methoxy groups -OCH3 is 1. The number of aryl methyl sites for hydroxylation is 1. The van der Waals surface area contributed by atoms with E-state index in [1.165, 1.54) is 16.2 Å². The Morgan fingerprint density at radius 3 is 2.54 bits per heavy atom. The molecule has 61 heavy (non-hydrogen) atoms. The largest absolute Gasteiger partial charge is 0.496 e. The Kier molecular flexibility index (Phi) is 12.2. The standard InChI is InChI=1S/C43H54N6O10S2/c1-23(2)31-22-60-39(46-31)29-18-34(28-15-16-33(57-7)24(3)37(28)45-29)58-26-17-32-38(52)47-43(41(54)48-61(55,56)27-13-14-27)20-25(43)11-9-8-10-12-35(50)44-30(40(53)49(32)21-26)19-36(51)59-42(4,5)6/h9,11,15-16,18,22-23,25-27,30,32H,8,10,12-14,17,19-21H2,1-7H3,(H,44,50)(H,47,52)(H,48,54)/b11-9-/t25-,26-,30+,32+,43-/m1/s1. The van der Waals surface area contributed by atoms with Gasteiger partial charge in [-0.1, -0.05) is 26.0 Å². The van der Waals surface area contributed by atoms with Crippen LogP contribution in [0.1, 0.15) is 103 Å². The second-order valence-corrected chi connectivity index (χ2v) is 20.5. The summed E-state index contributed by atoms with van der Waals surface area (Å²) in [4.78, 5) is 80.8. The Hall–Kier alpha value is -5.10. The molecule has 3 aromatic rings. The number of nitrogens with zero attached hydrogens (tertiary/aromatic N) is 3. The number of amides is 4. The summed E-state index contributed by atoms with van der Waals surface area (Å²) in [6.45, 7) is 10.9. The van der Waals surface area contributed by atoms with Gasteiger partial charge in [-0.15, -0.1) is 11.3 Å². The zero-order valence-corrected chi connectivity index (χ0v) is 37.2.